The van der Waals surface area contributed by atoms with Crippen molar-refractivity contribution >= 4 is 37.5 Å². The normalized spacial score (nSPS) is 12.0. The van der Waals surface area contributed by atoms with Crippen molar-refractivity contribution in [3.8, 4) is 11.6 Å². The summed E-state index contributed by atoms with van der Waals surface area (Å²) in [6.45, 7) is 1.64. The van der Waals surface area contributed by atoms with Crippen LogP contribution < -0.4 is 4.74 Å². The fourth-order valence-electron chi connectivity index (χ4n) is 1.55. The van der Waals surface area contributed by atoms with Crippen LogP contribution in [0.1, 0.15) is 18.6 Å². The van der Waals surface area contributed by atoms with Crippen molar-refractivity contribution in [2.24, 2.45) is 0 Å². The third-order valence-corrected chi connectivity index (χ3v) is 3.82. The molecular formula is C13H10Br2N2O4. The lowest BCUT2D eigenvalue weighted by Crippen LogP contribution is -1.95. The van der Waals surface area contributed by atoms with Crippen LogP contribution in [0, 0.1) is 10.1 Å². The van der Waals surface area contributed by atoms with Crippen molar-refractivity contribution in [2.75, 3.05) is 0 Å². The molecule has 1 N–H and O–H groups in total. The van der Waals surface area contributed by atoms with Gasteiger partial charge in [-0.2, -0.15) is 0 Å². The molecule has 0 aliphatic carbocycles. The van der Waals surface area contributed by atoms with Gasteiger partial charge in [-0.15, -0.1) is 0 Å². The van der Waals surface area contributed by atoms with Gasteiger partial charge in [0, 0.05) is 24.4 Å². The van der Waals surface area contributed by atoms with E-state index < -0.39 is 11.0 Å². The minimum absolute atomic E-state index is 0.0569. The van der Waals surface area contributed by atoms with Crippen LogP contribution >= 0.6 is 31.9 Å². The number of nitrogens with zero attached hydrogens (tertiary/aromatic N) is 2. The second kappa shape index (κ2) is 6.50. The summed E-state index contributed by atoms with van der Waals surface area (Å²) >= 11 is 6.47. The van der Waals surface area contributed by atoms with Crippen molar-refractivity contribution in [1.29, 1.82) is 0 Å². The second-order valence-corrected chi connectivity index (χ2v) is 5.91. The lowest BCUT2D eigenvalue weighted by molar-refractivity contribution is -0.385. The van der Waals surface area contributed by atoms with Gasteiger partial charge in [0.05, 0.1) is 20.0 Å². The third kappa shape index (κ3) is 3.78. The molecule has 0 aliphatic heterocycles. The summed E-state index contributed by atoms with van der Waals surface area (Å²) in [6, 6.07) is 6.01. The smallest absolute Gasteiger partial charge is 0.271 e. The molecule has 8 heteroatoms. The Morgan fingerprint density at radius 2 is 1.95 bits per heavy atom. The maximum Gasteiger partial charge on any atom is 0.271 e. The topological polar surface area (TPSA) is 85.5 Å². The van der Waals surface area contributed by atoms with E-state index in [1.807, 2.05) is 0 Å². The zero-order chi connectivity index (χ0) is 15.6. The molecule has 0 saturated carbocycles. The zero-order valence-corrected chi connectivity index (χ0v) is 14.0. The van der Waals surface area contributed by atoms with Crippen LogP contribution in [0.5, 0.6) is 11.6 Å². The first kappa shape index (κ1) is 15.9. The molecule has 2 rings (SSSR count). The summed E-state index contributed by atoms with van der Waals surface area (Å²) in [6.07, 6.45) is 0.900. The van der Waals surface area contributed by atoms with Gasteiger partial charge in [0.15, 0.2) is 5.75 Å². The number of aliphatic hydroxyl groups is 1. The molecule has 1 aromatic carbocycles. The van der Waals surface area contributed by atoms with Gasteiger partial charge in [0.25, 0.3) is 5.69 Å². The number of aliphatic hydroxyl groups excluding tert-OH is 1. The molecule has 0 spiro atoms. The van der Waals surface area contributed by atoms with Crippen LogP contribution in [0.2, 0.25) is 0 Å². The van der Waals surface area contributed by atoms with Gasteiger partial charge < -0.3 is 9.84 Å². The van der Waals surface area contributed by atoms with Gasteiger partial charge in [0.2, 0.25) is 5.88 Å². The molecular weight excluding hydrogens is 408 g/mol. The maximum atomic E-state index is 10.8. The number of pyridine rings is 1. The Hall–Kier alpha value is -1.51. The highest BCUT2D eigenvalue weighted by Gasteiger charge is 2.16. The number of halogens is 2. The van der Waals surface area contributed by atoms with E-state index in [1.54, 1.807) is 19.1 Å². The van der Waals surface area contributed by atoms with Gasteiger partial charge in [-0.05, 0) is 50.4 Å². The van der Waals surface area contributed by atoms with E-state index in [9.17, 15) is 15.2 Å². The fraction of sp³-hybridized carbons (Fsp3) is 0.154. The number of ether oxygens (including phenoxy) is 1. The van der Waals surface area contributed by atoms with Gasteiger partial charge in [-0.3, -0.25) is 10.1 Å². The number of hydrogen-bond donors (Lipinski definition) is 1. The maximum absolute atomic E-state index is 10.8. The number of hydrogen-bond acceptors (Lipinski definition) is 5. The van der Waals surface area contributed by atoms with Gasteiger partial charge in [0.1, 0.15) is 0 Å². The van der Waals surface area contributed by atoms with Crippen molar-refractivity contribution in [1.82, 2.24) is 4.98 Å². The first-order valence-electron chi connectivity index (χ1n) is 5.84. The summed E-state index contributed by atoms with van der Waals surface area (Å²) in [7, 11) is 0. The average Bonchev–Trinajstić information content (AvgIpc) is 2.43. The molecule has 1 atom stereocenters. The highest BCUT2D eigenvalue weighted by atomic mass is 79.9. The molecule has 0 fully saturated rings. The minimum atomic E-state index is -0.607. The van der Waals surface area contributed by atoms with E-state index in [4.69, 9.17) is 4.74 Å². The summed E-state index contributed by atoms with van der Waals surface area (Å²) in [5, 5.41) is 20.2. The van der Waals surface area contributed by atoms with Gasteiger partial charge >= 0.3 is 0 Å². The van der Waals surface area contributed by atoms with Crippen molar-refractivity contribution in [3.63, 3.8) is 0 Å². The fourth-order valence-corrected chi connectivity index (χ4v) is 2.88. The van der Waals surface area contributed by atoms with Crippen molar-refractivity contribution in [2.45, 2.75) is 13.0 Å². The Kier molecular flexibility index (Phi) is 4.92. The van der Waals surface area contributed by atoms with E-state index in [0.717, 1.165) is 0 Å². The predicted molar refractivity (Wildman–Crippen MR) is 83.4 cm³/mol. The van der Waals surface area contributed by atoms with Crippen LogP contribution in [0.3, 0.4) is 0 Å². The lowest BCUT2D eigenvalue weighted by Gasteiger charge is -2.10. The molecule has 0 radical (unpaired) electrons. The largest absolute Gasteiger partial charge is 0.437 e. The van der Waals surface area contributed by atoms with Crippen molar-refractivity contribution < 1.29 is 14.8 Å². The van der Waals surface area contributed by atoms with Gasteiger partial charge in [-0.1, -0.05) is 0 Å². The van der Waals surface area contributed by atoms with E-state index in [0.29, 0.717) is 26.1 Å². The van der Waals surface area contributed by atoms with Crippen molar-refractivity contribution in [3.05, 3.63) is 55.1 Å². The van der Waals surface area contributed by atoms with Gasteiger partial charge in [-0.25, -0.2) is 4.98 Å². The average molecular weight is 418 g/mol. The minimum Gasteiger partial charge on any atom is -0.437 e. The van der Waals surface area contributed by atoms with Crippen LogP contribution in [-0.4, -0.2) is 15.0 Å². The molecule has 21 heavy (non-hydrogen) atoms. The molecule has 0 amide bonds. The van der Waals surface area contributed by atoms with E-state index >= 15 is 0 Å². The molecule has 1 aromatic heterocycles. The monoisotopic (exact) mass is 416 g/mol. The molecule has 1 heterocycles. The molecule has 0 bridgehead atoms. The van der Waals surface area contributed by atoms with E-state index in [-0.39, 0.29) is 5.69 Å². The van der Waals surface area contributed by atoms with Crippen LogP contribution in [0.15, 0.2) is 39.4 Å². The number of nitro benzene ring substituents is 1. The highest BCUT2D eigenvalue weighted by Crippen LogP contribution is 2.39. The Labute approximate surface area is 137 Å². The highest BCUT2D eigenvalue weighted by molar-refractivity contribution is 9.11. The Morgan fingerprint density at radius 3 is 2.38 bits per heavy atom. The Balaban J connectivity index is 2.29. The lowest BCUT2D eigenvalue weighted by atomic mass is 10.2. The Bertz CT molecular complexity index is 651. The molecule has 110 valence electrons. The van der Waals surface area contributed by atoms with Crippen LogP contribution in [-0.2, 0) is 0 Å². The quantitative estimate of drug-likeness (QED) is 0.589. The molecule has 0 unspecified atom stereocenters. The number of benzene rings is 1. The van der Waals surface area contributed by atoms with Crippen LogP contribution in [0.25, 0.3) is 0 Å². The standard InChI is InChI=1S/C13H10Br2N2O4/c1-7(18)8-2-3-12(16-6-8)21-13-10(14)4-9(17(19)20)5-11(13)15/h2-7,18H,1H3/t7-/m0/s1. The number of aromatic nitrogens is 1. The number of non-ortho nitro benzene ring substituents is 1. The first-order chi connectivity index (χ1) is 9.88. The summed E-state index contributed by atoms with van der Waals surface area (Å²) in [4.78, 5) is 14.3. The zero-order valence-electron chi connectivity index (χ0n) is 10.8. The molecule has 0 saturated heterocycles. The molecule has 2 aromatic rings. The predicted octanol–water partition coefficient (Wildman–Crippen LogP) is 4.36. The summed E-state index contributed by atoms with van der Waals surface area (Å²) in [5.74, 6) is 0.701. The van der Waals surface area contributed by atoms with E-state index in [2.05, 4.69) is 36.8 Å². The van der Waals surface area contributed by atoms with Crippen LogP contribution in [0.4, 0.5) is 5.69 Å². The number of nitro groups is 1. The molecule has 0 aliphatic rings. The molecule has 6 nitrogen and oxygen atoms in total. The Morgan fingerprint density at radius 1 is 1.33 bits per heavy atom. The number of rotatable bonds is 4. The van der Waals surface area contributed by atoms with E-state index in [1.165, 1.54) is 18.3 Å². The first-order valence-corrected chi connectivity index (χ1v) is 7.42. The summed E-state index contributed by atoms with van der Waals surface area (Å²) in [5.41, 5.74) is 0.614. The second-order valence-electron chi connectivity index (χ2n) is 4.20. The summed E-state index contributed by atoms with van der Waals surface area (Å²) < 4.78 is 6.47. The third-order valence-electron chi connectivity index (χ3n) is 2.64. The SMILES string of the molecule is C[C@H](O)c1ccc(Oc2c(Br)cc([N+](=O)[O-])cc2Br)nc1.